The number of aliphatic carboxylic acids is 1. The van der Waals surface area contributed by atoms with Crippen LogP contribution < -0.4 is 0 Å². The Kier molecular flexibility index (Phi) is 2.36. The Morgan fingerprint density at radius 1 is 1.67 bits per heavy atom. The molecule has 2 aromatic rings. The van der Waals surface area contributed by atoms with Crippen molar-refractivity contribution in [1.82, 2.24) is 9.38 Å². The summed E-state index contributed by atoms with van der Waals surface area (Å²) in [5.41, 5.74) is 1.33. The highest BCUT2D eigenvalue weighted by Crippen LogP contribution is 2.26. The van der Waals surface area contributed by atoms with Gasteiger partial charge in [-0.1, -0.05) is 17.7 Å². The molecular weight excluding hydrogens is 216 g/mol. The number of carbonyl (C=O) groups is 1. The minimum absolute atomic E-state index is 0.332. The Morgan fingerprint density at radius 3 is 3.07 bits per heavy atom. The van der Waals surface area contributed by atoms with Crippen molar-refractivity contribution in [3.8, 4) is 0 Å². The zero-order valence-electron chi connectivity index (χ0n) is 8.01. The van der Waals surface area contributed by atoms with Crippen LogP contribution in [0.15, 0.2) is 24.7 Å². The van der Waals surface area contributed by atoms with Gasteiger partial charge >= 0.3 is 5.97 Å². The first-order valence-electron chi connectivity index (χ1n) is 4.45. The molecule has 0 saturated heterocycles. The number of imidazole rings is 1. The van der Waals surface area contributed by atoms with E-state index < -0.39 is 11.9 Å². The Labute approximate surface area is 91.1 Å². The second-order valence-electron chi connectivity index (χ2n) is 3.31. The van der Waals surface area contributed by atoms with E-state index in [1.54, 1.807) is 36.0 Å². The fraction of sp³-hybridized carbons (Fsp3) is 0.200. The van der Waals surface area contributed by atoms with E-state index in [0.717, 1.165) is 0 Å². The molecule has 0 aromatic carbocycles. The first-order valence-corrected chi connectivity index (χ1v) is 4.83. The first-order chi connectivity index (χ1) is 7.11. The maximum absolute atomic E-state index is 10.9. The van der Waals surface area contributed by atoms with Crippen LogP contribution in [0.4, 0.5) is 0 Å². The summed E-state index contributed by atoms with van der Waals surface area (Å²) in [7, 11) is 0. The number of rotatable bonds is 2. The van der Waals surface area contributed by atoms with Gasteiger partial charge in [0.2, 0.25) is 0 Å². The lowest BCUT2D eigenvalue weighted by Gasteiger charge is -2.08. The SMILES string of the molecule is CC(C(=O)O)c1cccn2cnc(Cl)c12. The zero-order chi connectivity index (χ0) is 11.0. The van der Waals surface area contributed by atoms with Crippen LogP contribution in [0, 0.1) is 0 Å². The van der Waals surface area contributed by atoms with Gasteiger partial charge < -0.3 is 9.51 Å². The highest BCUT2D eigenvalue weighted by atomic mass is 35.5. The van der Waals surface area contributed by atoms with Gasteiger partial charge in [-0.25, -0.2) is 4.98 Å². The number of hydrogen-bond donors (Lipinski definition) is 1. The van der Waals surface area contributed by atoms with E-state index in [-0.39, 0.29) is 0 Å². The molecule has 0 aliphatic heterocycles. The molecule has 78 valence electrons. The van der Waals surface area contributed by atoms with Crippen LogP contribution in [-0.2, 0) is 4.79 Å². The van der Waals surface area contributed by atoms with Crippen LogP contribution in [-0.4, -0.2) is 20.5 Å². The molecular formula is C10H9ClN2O2. The lowest BCUT2D eigenvalue weighted by atomic mass is 10.0. The van der Waals surface area contributed by atoms with Crippen LogP contribution in [0.25, 0.3) is 5.52 Å². The Balaban J connectivity index is 2.69. The van der Waals surface area contributed by atoms with E-state index >= 15 is 0 Å². The molecule has 2 heterocycles. The molecule has 0 aliphatic carbocycles. The maximum atomic E-state index is 10.9. The van der Waals surface area contributed by atoms with Crippen molar-refractivity contribution >= 4 is 23.1 Å². The van der Waals surface area contributed by atoms with Gasteiger partial charge in [-0.15, -0.1) is 0 Å². The standard InChI is InChI=1S/C10H9ClN2O2/c1-6(10(14)15)7-3-2-4-13-5-12-9(11)8(7)13/h2-6H,1H3,(H,14,15). The van der Waals surface area contributed by atoms with Crippen molar-refractivity contribution in [2.24, 2.45) is 0 Å². The van der Waals surface area contributed by atoms with Crippen molar-refractivity contribution in [1.29, 1.82) is 0 Å². The largest absolute Gasteiger partial charge is 0.481 e. The number of halogens is 1. The highest BCUT2D eigenvalue weighted by molar-refractivity contribution is 6.32. The summed E-state index contributed by atoms with van der Waals surface area (Å²) in [6, 6.07) is 3.53. The van der Waals surface area contributed by atoms with Crippen molar-refractivity contribution in [3.63, 3.8) is 0 Å². The van der Waals surface area contributed by atoms with Gasteiger partial charge in [-0.05, 0) is 18.6 Å². The van der Waals surface area contributed by atoms with E-state index in [1.165, 1.54) is 0 Å². The molecule has 5 heteroatoms. The van der Waals surface area contributed by atoms with Crippen molar-refractivity contribution < 1.29 is 9.90 Å². The molecule has 0 amide bonds. The smallest absolute Gasteiger partial charge is 0.310 e. The fourth-order valence-electron chi connectivity index (χ4n) is 1.52. The Bertz CT molecular complexity index is 521. The number of carboxylic acids is 1. The molecule has 0 radical (unpaired) electrons. The van der Waals surface area contributed by atoms with Crippen LogP contribution in [0.2, 0.25) is 5.15 Å². The van der Waals surface area contributed by atoms with Crippen LogP contribution in [0.5, 0.6) is 0 Å². The first kappa shape index (κ1) is 9.98. The van der Waals surface area contributed by atoms with Crippen molar-refractivity contribution in [3.05, 3.63) is 35.4 Å². The molecule has 15 heavy (non-hydrogen) atoms. The summed E-state index contributed by atoms with van der Waals surface area (Å²) < 4.78 is 1.72. The van der Waals surface area contributed by atoms with Gasteiger partial charge in [-0.3, -0.25) is 4.79 Å². The average molecular weight is 225 g/mol. The summed E-state index contributed by atoms with van der Waals surface area (Å²) in [5, 5.41) is 9.28. The summed E-state index contributed by atoms with van der Waals surface area (Å²) in [5.74, 6) is -1.47. The van der Waals surface area contributed by atoms with Crippen LogP contribution >= 0.6 is 11.6 Å². The number of fused-ring (bicyclic) bond motifs is 1. The number of hydrogen-bond acceptors (Lipinski definition) is 2. The molecule has 1 N–H and O–H groups in total. The van der Waals surface area contributed by atoms with Gasteiger partial charge in [0.25, 0.3) is 0 Å². The molecule has 2 aromatic heterocycles. The highest BCUT2D eigenvalue weighted by Gasteiger charge is 2.18. The fourth-order valence-corrected chi connectivity index (χ4v) is 1.77. The van der Waals surface area contributed by atoms with E-state index in [2.05, 4.69) is 4.98 Å². The van der Waals surface area contributed by atoms with E-state index in [9.17, 15) is 4.79 Å². The second kappa shape index (κ2) is 3.55. The minimum Gasteiger partial charge on any atom is -0.481 e. The van der Waals surface area contributed by atoms with Gasteiger partial charge in [-0.2, -0.15) is 0 Å². The van der Waals surface area contributed by atoms with Crippen molar-refractivity contribution in [2.45, 2.75) is 12.8 Å². The third-order valence-electron chi connectivity index (χ3n) is 2.38. The molecule has 0 aliphatic rings. The average Bonchev–Trinajstić information content (AvgIpc) is 2.59. The second-order valence-corrected chi connectivity index (χ2v) is 3.67. The molecule has 2 rings (SSSR count). The molecule has 0 bridgehead atoms. The number of aromatic nitrogens is 2. The predicted octanol–water partition coefficient (Wildman–Crippen LogP) is 2.18. The zero-order valence-corrected chi connectivity index (χ0v) is 8.77. The van der Waals surface area contributed by atoms with E-state index in [1.807, 2.05) is 0 Å². The lowest BCUT2D eigenvalue weighted by Crippen LogP contribution is -2.08. The van der Waals surface area contributed by atoms with Crippen LogP contribution in [0.1, 0.15) is 18.4 Å². The Hall–Kier alpha value is -1.55. The lowest BCUT2D eigenvalue weighted by molar-refractivity contribution is -0.138. The molecule has 1 unspecified atom stereocenters. The summed E-state index contributed by atoms with van der Waals surface area (Å²) >= 11 is 5.90. The normalized spacial score (nSPS) is 12.9. The summed E-state index contributed by atoms with van der Waals surface area (Å²) in [6.07, 6.45) is 3.35. The summed E-state index contributed by atoms with van der Waals surface area (Å²) in [6.45, 7) is 1.63. The van der Waals surface area contributed by atoms with Gasteiger partial charge in [0.1, 0.15) is 6.33 Å². The van der Waals surface area contributed by atoms with E-state index in [0.29, 0.717) is 16.2 Å². The minimum atomic E-state index is -0.875. The molecule has 0 saturated carbocycles. The quantitative estimate of drug-likeness (QED) is 0.851. The number of pyridine rings is 1. The topological polar surface area (TPSA) is 54.6 Å². The molecule has 0 spiro atoms. The number of nitrogens with zero attached hydrogens (tertiary/aromatic N) is 2. The van der Waals surface area contributed by atoms with Gasteiger partial charge in [0.05, 0.1) is 11.4 Å². The van der Waals surface area contributed by atoms with Crippen molar-refractivity contribution in [2.75, 3.05) is 0 Å². The van der Waals surface area contributed by atoms with Gasteiger partial charge in [0.15, 0.2) is 5.15 Å². The monoisotopic (exact) mass is 224 g/mol. The Morgan fingerprint density at radius 2 is 2.40 bits per heavy atom. The van der Waals surface area contributed by atoms with Gasteiger partial charge in [0, 0.05) is 6.20 Å². The molecule has 1 atom stereocenters. The summed E-state index contributed by atoms with van der Waals surface area (Å²) in [4.78, 5) is 14.8. The maximum Gasteiger partial charge on any atom is 0.310 e. The third-order valence-corrected chi connectivity index (χ3v) is 2.66. The number of carboxylic acid groups (broad SMARTS) is 1. The molecule has 4 nitrogen and oxygen atoms in total. The third kappa shape index (κ3) is 1.57. The molecule has 0 fully saturated rings. The predicted molar refractivity (Wildman–Crippen MR) is 56.3 cm³/mol. The van der Waals surface area contributed by atoms with E-state index in [4.69, 9.17) is 16.7 Å². The van der Waals surface area contributed by atoms with Crippen LogP contribution in [0.3, 0.4) is 0 Å².